The number of nitrogens with zero attached hydrogens (tertiary/aromatic N) is 8. The summed E-state index contributed by atoms with van der Waals surface area (Å²) in [6.07, 6.45) is 11.2. The molecule has 8 heteroatoms. The van der Waals surface area contributed by atoms with E-state index in [-0.39, 0.29) is 0 Å². The zero-order valence-electron chi connectivity index (χ0n) is 16.2. The molecule has 1 aliphatic rings. The number of likely N-dealkylation sites (tertiary alicyclic amines) is 1. The molecule has 4 heterocycles. The molecule has 0 amide bonds. The molecule has 0 radical (unpaired) electrons. The third kappa shape index (κ3) is 4.10. The van der Waals surface area contributed by atoms with E-state index >= 15 is 0 Å². The number of piperidine rings is 1. The average Bonchev–Trinajstić information content (AvgIpc) is 3.40. The first-order valence-electron chi connectivity index (χ1n) is 9.76. The van der Waals surface area contributed by atoms with E-state index in [1.165, 1.54) is 19.4 Å². The van der Waals surface area contributed by atoms with Crippen molar-refractivity contribution in [3.8, 4) is 0 Å². The normalized spacial score (nSPS) is 18.2. The van der Waals surface area contributed by atoms with Gasteiger partial charge in [0.2, 0.25) is 0 Å². The van der Waals surface area contributed by atoms with Crippen LogP contribution in [-0.4, -0.2) is 58.6 Å². The zero-order chi connectivity index (χ0) is 18.6. The van der Waals surface area contributed by atoms with Crippen molar-refractivity contribution in [2.45, 2.75) is 45.2 Å². The van der Waals surface area contributed by atoms with Crippen LogP contribution in [0.5, 0.6) is 0 Å². The van der Waals surface area contributed by atoms with Crippen LogP contribution in [-0.2, 0) is 20.1 Å². The van der Waals surface area contributed by atoms with Crippen LogP contribution in [0, 0.1) is 6.92 Å². The molecule has 27 heavy (non-hydrogen) atoms. The number of imidazole rings is 1. The Morgan fingerprint density at radius 1 is 1.15 bits per heavy atom. The minimum absolute atomic E-state index is 0.456. The van der Waals surface area contributed by atoms with Gasteiger partial charge in [-0.25, -0.2) is 4.98 Å². The first kappa shape index (κ1) is 17.9. The van der Waals surface area contributed by atoms with E-state index in [0.717, 1.165) is 43.5 Å². The fourth-order valence-corrected chi connectivity index (χ4v) is 3.98. The van der Waals surface area contributed by atoms with Gasteiger partial charge in [0, 0.05) is 50.8 Å². The summed E-state index contributed by atoms with van der Waals surface area (Å²) in [5.74, 6) is 3.61. The van der Waals surface area contributed by atoms with Crippen molar-refractivity contribution in [1.29, 1.82) is 0 Å². The molecule has 8 nitrogen and oxygen atoms in total. The number of aryl methyl sites for hydroxylation is 2. The Labute approximate surface area is 159 Å². The predicted molar refractivity (Wildman–Crippen MR) is 102 cm³/mol. The van der Waals surface area contributed by atoms with Crippen LogP contribution >= 0.6 is 0 Å². The number of hydrogen-bond donors (Lipinski definition) is 0. The summed E-state index contributed by atoms with van der Waals surface area (Å²) < 4.78 is 6.27. The third-order valence-corrected chi connectivity index (χ3v) is 5.53. The Morgan fingerprint density at radius 3 is 2.85 bits per heavy atom. The van der Waals surface area contributed by atoms with Crippen LogP contribution in [0.4, 0.5) is 0 Å². The lowest BCUT2D eigenvalue weighted by Gasteiger charge is -2.32. The smallest absolute Gasteiger partial charge is 0.154 e. The molecule has 0 N–H and O–H groups in total. The van der Waals surface area contributed by atoms with Crippen LogP contribution in [0.25, 0.3) is 0 Å². The van der Waals surface area contributed by atoms with Gasteiger partial charge in [0.05, 0.1) is 0 Å². The van der Waals surface area contributed by atoms with Gasteiger partial charge < -0.3 is 14.0 Å². The maximum atomic E-state index is 4.52. The summed E-state index contributed by atoms with van der Waals surface area (Å²) in [6.45, 7) is 7.12. The van der Waals surface area contributed by atoms with Gasteiger partial charge in [-0.1, -0.05) is 0 Å². The van der Waals surface area contributed by atoms with Crippen molar-refractivity contribution in [3.05, 3.63) is 48.3 Å². The van der Waals surface area contributed by atoms with Crippen LogP contribution < -0.4 is 0 Å². The first-order valence-corrected chi connectivity index (χ1v) is 9.76. The van der Waals surface area contributed by atoms with Gasteiger partial charge in [0.1, 0.15) is 18.2 Å². The van der Waals surface area contributed by atoms with E-state index in [2.05, 4.69) is 54.5 Å². The molecule has 0 unspecified atom stereocenters. The molecular weight excluding hydrogens is 340 g/mol. The predicted octanol–water partition coefficient (Wildman–Crippen LogP) is 1.83. The summed E-state index contributed by atoms with van der Waals surface area (Å²) in [5.41, 5.74) is 0. The molecule has 0 saturated carbocycles. The van der Waals surface area contributed by atoms with E-state index in [1.807, 2.05) is 23.1 Å². The van der Waals surface area contributed by atoms with Gasteiger partial charge >= 0.3 is 0 Å². The minimum atomic E-state index is 0.456. The summed E-state index contributed by atoms with van der Waals surface area (Å²) >= 11 is 0. The Morgan fingerprint density at radius 2 is 2.07 bits per heavy atom. The Kier molecular flexibility index (Phi) is 5.33. The first-order chi connectivity index (χ1) is 13.2. The largest absolute Gasteiger partial charge is 0.335 e. The highest BCUT2D eigenvalue weighted by Gasteiger charge is 2.25. The molecule has 3 aromatic rings. The number of rotatable bonds is 7. The second-order valence-corrected chi connectivity index (χ2v) is 7.40. The molecule has 4 rings (SSSR count). The van der Waals surface area contributed by atoms with Gasteiger partial charge in [-0.3, -0.25) is 4.68 Å². The summed E-state index contributed by atoms with van der Waals surface area (Å²) in [5, 5.41) is 13.2. The highest BCUT2D eigenvalue weighted by atomic mass is 15.3. The Hall–Kier alpha value is -2.48. The van der Waals surface area contributed by atoms with Gasteiger partial charge in [-0.2, -0.15) is 5.10 Å². The number of aromatic nitrogens is 7. The maximum Gasteiger partial charge on any atom is 0.154 e. The topological polar surface area (TPSA) is 69.6 Å². The van der Waals surface area contributed by atoms with Crippen LogP contribution in [0.15, 0.2) is 30.9 Å². The Bertz CT molecular complexity index is 847. The molecule has 1 atom stereocenters. The fourth-order valence-electron chi connectivity index (χ4n) is 3.98. The average molecular weight is 368 g/mol. The van der Waals surface area contributed by atoms with Gasteiger partial charge in [-0.15, -0.1) is 10.2 Å². The molecule has 0 aromatic carbocycles. The molecule has 3 aromatic heterocycles. The molecule has 1 aliphatic heterocycles. The quantitative estimate of drug-likeness (QED) is 0.636. The second-order valence-electron chi connectivity index (χ2n) is 7.40. The van der Waals surface area contributed by atoms with Crippen LogP contribution in [0.2, 0.25) is 0 Å². The van der Waals surface area contributed by atoms with E-state index in [4.69, 9.17) is 0 Å². The molecular formula is C19H28N8. The summed E-state index contributed by atoms with van der Waals surface area (Å²) in [7, 11) is 2.08. The summed E-state index contributed by atoms with van der Waals surface area (Å²) in [6, 6.07) is 1.93. The SMILES string of the molecule is Cc1nccn1CCCN1CCC[C@H](c2nnc(Cn3cccn3)n2C)C1. The van der Waals surface area contributed by atoms with E-state index in [9.17, 15) is 0 Å². The minimum Gasteiger partial charge on any atom is -0.335 e. The molecule has 0 spiro atoms. The molecule has 1 saturated heterocycles. The second kappa shape index (κ2) is 8.04. The van der Waals surface area contributed by atoms with Crippen LogP contribution in [0.3, 0.4) is 0 Å². The van der Waals surface area contributed by atoms with E-state index in [1.54, 1.807) is 6.20 Å². The van der Waals surface area contributed by atoms with Gasteiger partial charge in [0.25, 0.3) is 0 Å². The molecule has 144 valence electrons. The van der Waals surface area contributed by atoms with Gasteiger partial charge in [-0.05, 0) is 45.3 Å². The van der Waals surface area contributed by atoms with Gasteiger partial charge in [0.15, 0.2) is 5.82 Å². The maximum absolute atomic E-state index is 4.52. The number of hydrogen-bond acceptors (Lipinski definition) is 5. The van der Waals surface area contributed by atoms with Crippen molar-refractivity contribution in [3.63, 3.8) is 0 Å². The molecule has 0 bridgehead atoms. The highest BCUT2D eigenvalue weighted by molar-refractivity contribution is 5.04. The lowest BCUT2D eigenvalue weighted by atomic mass is 9.97. The van der Waals surface area contributed by atoms with Crippen molar-refractivity contribution >= 4 is 0 Å². The van der Waals surface area contributed by atoms with Crippen LogP contribution in [0.1, 0.15) is 42.7 Å². The fraction of sp³-hybridized carbons (Fsp3) is 0.579. The lowest BCUT2D eigenvalue weighted by Crippen LogP contribution is -2.36. The van der Waals surface area contributed by atoms with E-state index < -0.39 is 0 Å². The summed E-state index contributed by atoms with van der Waals surface area (Å²) in [4.78, 5) is 6.87. The standard InChI is InChI=1S/C19H28N8/c1-16-20-8-13-26(16)11-5-10-25-9-3-6-17(14-25)19-23-22-18(24(19)2)15-27-12-4-7-21-27/h4,7-8,12-13,17H,3,5-6,9-11,14-15H2,1-2H3/t17-/m0/s1. The Balaban J connectivity index is 1.34. The zero-order valence-corrected chi connectivity index (χ0v) is 16.2. The molecule has 0 aliphatic carbocycles. The third-order valence-electron chi connectivity index (χ3n) is 5.53. The monoisotopic (exact) mass is 368 g/mol. The van der Waals surface area contributed by atoms with Crippen molar-refractivity contribution in [2.75, 3.05) is 19.6 Å². The molecule has 1 fully saturated rings. The highest BCUT2D eigenvalue weighted by Crippen LogP contribution is 2.26. The van der Waals surface area contributed by atoms with Crippen molar-refractivity contribution in [1.82, 2.24) is 39.0 Å². The van der Waals surface area contributed by atoms with Crippen molar-refractivity contribution < 1.29 is 0 Å². The van der Waals surface area contributed by atoms with Crippen molar-refractivity contribution in [2.24, 2.45) is 7.05 Å². The lowest BCUT2D eigenvalue weighted by molar-refractivity contribution is 0.197. The van der Waals surface area contributed by atoms with E-state index in [0.29, 0.717) is 12.5 Å².